The minimum Gasteiger partial charge on any atom is -0.457 e. The van der Waals surface area contributed by atoms with E-state index in [-0.39, 0.29) is 23.6 Å². The second-order valence-electron chi connectivity index (χ2n) is 5.68. The summed E-state index contributed by atoms with van der Waals surface area (Å²) >= 11 is 0. The number of rotatable bonds is 4. The first-order valence-electron chi connectivity index (χ1n) is 6.58. The van der Waals surface area contributed by atoms with Crippen molar-refractivity contribution in [1.29, 1.82) is 0 Å². The van der Waals surface area contributed by atoms with Crippen LogP contribution in [-0.2, 0) is 19.1 Å². The van der Waals surface area contributed by atoms with Crippen LogP contribution in [0.1, 0.15) is 26.7 Å². The SMILES string of the molecule is C=C1C(=O)O[C@H]([C@H]2C(=O)C=C[C@]2(C)O)C1CCC(C)=O. The Morgan fingerprint density at radius 3 is 2.65 bits per heavy atom. The van der Waals surface area contributed by atoms with E-state index in [0.29, 0.717) is 6.42 Å². The summed E-state index contributed by atoms with van der Waals surface area (Å²) in [6.07, 6.45) is 2.64. The predicted molar refractivity (Wildman–Crippen MR) is 70.7 cm³/mol. The lowest BCUT2D eigenvalue weighted by molar-refractivity contribution is -0.147. The summed E-state index contributed by atoms with van der Waals surface area (Å²) in [7, 11) is 0. The predicted octanol–water partition coefficient (Wildman–Crippen LogP) is 0.959. The van der Waals surface area contributed by atoms with Crippen LogP contribution in [0.5, 0.6) is 0 Å². The van der Waals surface area contributed by atoms with Crippen LogP contribution >= 0.6 is 0 Å². The largest absolute Gasteiger partial charge is 0.457 e. The van der Waals surface area contributed by atoms with Gasteiger partial charge in [-0.15, -0.1) is 0 Å². The molecule has 4 atom stereocenters. The molecule has 0 radical (unpaired) electrons. The van der Waals surface area contributed by atoms with Crippen molar-refractivity contribution >= 4 is 17.5 Å². The van der Waals surface area contributed by atoms with Gasteiger partial charge < -0.3 is 14.6 Å². The van der Waals surface area contributed by atoms with Crippen LogP contribution in [0, 0.1) is 11.8 Å². The lowest BCUT2D eigenvalue weighted by Crippen LogP contribution is -2.44. The molecule has 1 fully saturated rings. The highest BCUT2D eigenvalue weighted by molar-refractivity contribution is 5.98. The second kappa shape index (κ2) is 4.98. The molecule has 0 aromatic rings. The lowest BCUT2D eigenvalue weighted by Gasteiger charge is -2.30. The molecule has 0 spiro atoms. The maximum atomic E-state index is 11.9. The summed E-state index contributed by atoms with van der Waals surface area (Å²) in [5, 5.41) is 10.3. The van der Waals surface area contributed by atoms with Crippen molar-refractivity contribution in [3.05, 3.63) is 24.3 Å². The second-order valence-corrected chi connectivity index (χ2v) is 5.68. The first-order valence-corrected chi connectivity index (χ1v) is 6.58. The van der Waals surface area contributed by atoms with E-state index in [1.165, 1.54) is 26.0 Å². The number of ether oxygens (including phenoxy) is 1. The van der Waals surface area contributed by atoms with E-state index in [1.54, 1.807) is 0 Å². The van der Waals surface area contributed by atoms with Crippen LogP contribution in [0.4, 0.5) is 0 Å². The van der Waals surface area contributed by atoms with Crippen LogP contribution in [0.2, 0.25) is 0 Å². The molecule has 1 heterocycles. The third-order valence-electron chi connectivity index (χ3n) is 4.01. The van der Waals surface area contributed by atoms with Gasteiger partial charge in [-0.2, -0.15) is 0 Å². The van der Waals surface area contributed by atoms with E-state index in [2.05, 4.69) is 6.58 Å². The number of carbonyl (C=O) groups excluding carboxylic acids is 3. The average molecular weight is 278 g/mol. The molecule has 1 aliphatic heterocycles. The smallest absolute Gasteiger partial charge is 0.334 e. The minimum absolute atomic E-state index is 0.00136. The van der Waals surface area contributed by atoms with Crippen molar-refractivity contribution in [2.75, 3.05) is 0 Å². The van der Waals surface area contributed by atoms with E-state index in [0.717, 1.165) is 0 Å². The highest BCUT2D eigenvalue weighted by atomic mass is 16.6. The Hall–Kier alpha value is -1.75. The highest BCUT2D eigenvalue weighted by Gasteiger charge is 2.52. The fraction of sp³-hybridized carbons (Fsp3) is 0.533. The molecule has 0 amide bonds. The molecule has 1 unspecified atom stereocenters. The number of Topliss-reactive ketones (excluding diaryl/α,β-unsaturated/α-hetero) is 1. The third kappa shape index (κ3) is 2.45. The third-order valence-corrected chi connectivity index (χ3v) is 4.01. The van der Waals surface area contributed by atoms with Gasteiger partial charge in [0.1, 0.15) is 11.9 Å². The van der Waals surface area contributed by atoms with Gasteiger partial charge in [-0.05, 0) is 32.4 Å². The van der Waals surface area contributed by atoms with Crippen LogP contribution in [0.25, 0.3) is 0 Å². The van der Waals surface area contributed by atoms with E-state index in [4.69, 9.17) is 4.74 Å². The Morgan fingerprint density at radius 2 is 2.15 bits per heavy atom. The van der Waals surface area contributed by atoms with Gasteiger partial charge in [-0.1, -0.05) is 6.58 Å². The van der Waals surface area contributed by atoms with E-state index < -0.39 is 29.5 Å². The van der Waals surface area contributed by atoms with Crippen molar-refractivity contribution in [3.63, 3.8) is 0 Å². The molecule has 0 aromatic carbocycles. The first-order chi connectivity index (χ1) is 9.24. The molecule has 1 N–H and O–H groups in total. The number of allylic oxidation sites excluding steroid dienone is 1. The summed E-state index contributed by atoms with van der Waals surface area (Å²) < 4.78 is 5.24. The molecule has 108 valence electrons. The molecule has 1 aliphatic carbocycles. The Morgan fingerprint density at radius 1 is 1.50 bits per heavy atom. The summed E-state index contributed by atoms with van der Waals surface area (Å²) in [4.78, 5) is 34.8. The topological polar surface area (TPSA) is 80.7 Å². The Labute approximate surface area is 117 Å². The molecule has 5 heteroatoms. The van der Waals surface area contributed by atoms with E-state index >= 15 is 0 Å². The molecule has 0 saturated carbocycles. The van der Waals surface area contributed by atoms with Crippen molar-refractivity contribution in [2.24, 2.45) is 11.8 Å². The average Bonchev–Trinajstić information content (AvgIpc) is 2.75. The van der Waals surface area contributed by atoms with Crippen molar-refractivity contribution in [3.8, 4) is 0 Å². The van der Waals surface area contributed by atoms with Crippen LogP contribution in [-0.4, -0.2) is 34.3 Å². The molecule has 2 rings (SSSR count). The number of carbonyl (C=O) groups is 3. The van der Waals surface area contributed by atoms with Crippen LogP contribution in [0.3, 0.4) is 0 Å². The monoisotopic (exact) mass is 278 g/mol. The van der Waals surface area contributed by atoms with Gasteiger partial charge in [0.25, 0.3) is 0 Å². The molecular formula is C15H18O5. The zero-order valence-corrected chi connectivity index (χ0v) is 11.6. The van der Waals surface area contributed by atoms with Gasteiger partial charge in [0.15, 0.2) is 5.78 Å². The van der Waals surface area contributed by atoms with Crippen LogP contribution < -0.4 is 0 Å². The molecular weight excluding hydrogens is 260 g/mol. The van der Waals surface area contributed by atoms with Crippen molar-refractivity contribution in [2.45, 2.75) is 38.4 Å². The first kappa shape index (κ1) is 14.7. The fourth-order valence-corrected chi connectivity index (χ4v) is 2.87. The number of hydrogen-bond acceptors (Lipinski definition) is 5. The number of aliphatic hydroxyl groups is 1. The Bertz CT molecular complexity index is 514. The molecule has 0 aromatic heterocycles. The van der Waals surface area contributed by atoms with Crippen molar-refractivity contribution < 1.29 is 24.2 Å². The molecule has 0 bridgehead atoms. The number of cyclic esters (lactones) is 1. The summed E-state index contributed by atoms with van der Waals surface area (Å²) in [5.74, 6) is -2.07. The van der Waals surface area contributed by atoms with Gasteiger partial charge >= 0.3 is 5.97 Å². The summed E-state index contributed by atoms with van der Waals surface area (Å²) in [6.45, 7) is 6.67. The Kier molecular flexibility index (Phi) is 3.65. The number of ketones is 2. The standard InChI is InChI=1S/C15H18O5/c1-8(16)4-5-10-9(2)14(18)20-13(10)12-11(17)6-7-15(12,3)19/h6-7,10,12-13,19H,2,4-5H2,1,3H3/t10?,12-,13+,15+/m1/s1. The fourth-order valence-electron chi connectivity index (χ4n) is 2.87. The summed E-state index contributed by atoms with van der Waals surface area (Å²) in [6, 6.07) is 0. The van der Waals surface area contributed by atoms with E-state index in [9.17, 15) is 19.5 Å². The maximum Gasteiger partial charge on any atom is 0.334 e. The minimum atomic E-state index is -1.35. The maximum absolute atomic E-state index is 11.9. The van der Waals surface area contributed by atoms with Gasteiger partial charge in [0.05, 0.1) is 11.5 Å². The van der Waals surface area contributed by atoms with Gasteiger partial charge in [0.2, 0.25) is 0 Å². The van der Waals surface area contributed by atoms with Gasteiger partial charge in [-0.3, -0.25) is 4.79 Å². The Balaban J connectivity index is 2.24. The number of hydrogen-bond donors (Lipinski definition) is 1. The highest BCUT2D eigenvalue weighted by Crippen LogP contribution is 2.41. The number of esters is 1. The van der Waals surface area contributed by atoms with Gasteiger partial charge in [-0.25, -0.2) is 4.79 Å². The molecule has 20 heavy (non-hydrogen) atoms. The quantitative estimate of drug-likeness (QED) is 0.612. The van der Waals surface area contributed by atoms with Crippen LogP contribution in [0.15, 0.2) is 24.3 Å². The molecule has 1 saturated heterocycles. The molecule has 2 aliphatic rings. The van der Waals surface area contributed by atoms with E-state index in [1.807, 2.05) is 0 Å². The normalized spacial score (nSPS) is 36.5. The van der Waals surface area contributed by atoms with Gasteiger partial charge in [0, 0.05) is 17.9 Å². The summed E-state index contributed by atoms with van der Waals surface area (Å²) in [5.41, 5.74) is -1.08. The van der Waals surface area contributed by atoms with Crippen molar-refractivity contribution in [1.82, 2.24) is 0 Å². The zero-order chi connectivity index (χ0) is 15.1. The molecule has 5 nitrogen and oxygen atoms in total. The zero-order valence-electron chi connectivity index (χ0n) is 11.6. The lowest BCUT2D eigenvalue weighted by atomic mass is 9.78.